The van der Waals surface area contributed by atoms with Crippen molar-refractivity contribution in [2.75, 3.05) is 6.61 Å². The number of ketones is 1. The average molecular weight is 386 g/mol. The van der Waals surface area contributed by atoms with Crippen molar-refractivity contribution >= 4 is 11.9 Å². The third-order valence-electron chi connectivity index (χ3n) is 4.66. The van der Waals surface area contributed by atoms with Crippen molar-refractivity contribution in [3.05, 3.63) is 94.7 Å². The van der Waals surface area contributed by atoms with Gasteiger partial charge in [0.15, 0.2) is 5.76 Å². The molecule has 0 unspecified atom stereocenters. The summed E-state index contributed by atoms with van der Waals surface area (Å²) in [4.78, 5) is 12.6. The summed E-state index contributed by atoms with van der Waals surface area (Å²) >= 11 is 0. The summed E-state index contributed by atoms with van der Waals surface area (Å²) in [6, 6.07) is 21.1. The van der Waals surface area contributed by atoms with Crippen molar-refractivity contribution in [1.29, 1.82) is 0 Å². The first kappa shape index (κ1) is 18.8. The van der Waals surface area contributed by atoms with Crippen LogP contribution in [0, 0.1) is 6.92 Å². The number of carbonyl (C=O) groups is 1. The highest BCUT2D eigenvalue weighted by Crippen LogP contribution is 2.35. The molecule has 4 rings (SSSR count). The zero-order valence-corrected chi connectivity index (χ0v) is 16.5. The summed E-state index contributed by atoms with van der Waals surface area (Å²) in [5, 5.41) is 0. The van der Waals surface area contributed by atoms with Gasteiger partial charge in [-0.2, -0.15) is 0 Å². The van der Waals surface area contributed by atoms with Crippen LogP contribution in [-0.2, 0) is 6.61 Å². The minimum atomic E-state index is -0.126. The molecule has 3 aromatic carbocycles. The van der Waals surface area contributed by atoms with Gasteiger partial charge >= 0.3 is 0 Å². The molecule has 1 heterocycles. The zero-order valence-electron chi connectivity index (χ0n) is 16.5. The Hall–Kier alpha value is -3.53. The molecule has 1 aliphatic rings. The summed E-state index contributed by atoms with van der Waals surface area (Å²) in [5.74, 6) is 2.17. The van der Waals surface area contributed by atoms with Gasteiger partial charge in [0.2, 0.25) is 5.78 Å². The molecular formula is C25H22O4. The Morgan fingerprint density at radius 1 is 0.897 bits per heavy atom. The first-order valence-corrected chi connectivity index (χ1v) is 9.62. The van der Waals surface area contributed by atoms with Gasteiger partial charge in [0.05, 0.1) is 12.2 Å². The van der Waals surface area contributed by atoms with Crippen molar-refractivity contribution in [2.45, 2.75) is 20.5 Å². The van der Waals surface area contributed by atoms with Gasteiger partial charge in [-0.25, -0.2) is 0 Å². The van der Waals surface area contributed by atoms with Crippen molar-refractivity contribution in [3.8, 4) is 17.2 Å². The molecule has 0 aliphatic carbocycles. The van der Waals surface area contributed by atoms with Crippen molar-refractivity contribution in [3.63, 3.8) is 0 Å². The first-order valence-electron chi connectivity index (χ1n) is 9.62. The Labute approximate surface area is 170 Å². The normalized spacial score (nSPS) is 13.9. The number of aryl methyl sites for hydroxylation is 1. The molecular weight excluding hydrogens is 364 g/mol. The van der Waals surface area contributed by atoms with E-state index in [2.05, 4.69) is 19.1 Å². The topological polar surface area (TPSA) is 44.8 Å². The van der Waals surface area contributed by atoms with Gasteiger partial charge in [0, 0.05) is 6.07 Å². The van der Waals surface area contributed by atoms with Crippen LogP contribution in [0.5, 0.6) is 17.2 Å². The van der Waals surface area contributed by atoms with Crippen LogP contribution in [0.15, 0.2) is 72.5 Å². The van der Waals surface area contributed by atoms with Crippen LogP contribution in [0.1, 0.15) is 34.0 Å². The van der Waals surface area contributed by atoms with Crippen LogP contribution in [0.4, 0.5) is 0 Å². The van der Waals surface area contributed by atoms with Crippen molar-refractivity contribution < 1.29 is 19.0 Å². The fourth-order valence-electron chi connectivity index (χ4n) is 3.09. The van der Waals surface area contributed by atoms with Crippen LogP contribution in [0.3, 0.4) is 0 Å². The van der Waals surface area contributed by atoms with Gasteiger partial charge in [-0.15, -0.1) is 0 Å². The van der Waals surface area contributed by atoms with Gasteiger partial charge in [0.1, 0.15) is 23.9 Å². The maximum Gasteiger partial charge on any atom is 0.231 e. The second-order valence-corrected chi connectivity index (χ2v) is 6.87. The smallest absolute Gasteiger partial charge is 0.231 e. The molecule has 0 saturated carbocycles. The predicted octanol–water partition coefficient (Wildman–Crippen LogP) is 5.59. The Kier molecular flexibility index (Phi) is 5.34. The quantitative estimate of drug-likeness (QED) is 0.518. The number of fused-ring (bicyclic) bond motifs is 1. The highest BCUT2D eigenvalue weighted by molar-refractivity contribution is 6.14. The predicted molar refractivity (Wildman–Crippen MR) is 112 cm³/mol. The van der Waals surface area contributed by atoms with E-state index in [0.717, 1.165) is 16.9 Å². The lowest BCUT2D eigenvalue weighted by molar-refractivity contribution is 0.101. The molecule has 29 heavy (non-hydrogen) atoms. The Morgan fingerprint density at radius 2 is 1.62 bits per heavy atom. The van der Waals surface area contributed by atoms with E-state index in [0.29, 0.717) is 36.0 Å². The first-order chi connectivity index (χ1) is 14.1. The molecule has 0 fully saturated rings. The van der Waals surface area contributed by atoms with Crippen LogP contribution in [0.2, 0.25) is 0 Å². The van der Waals surface area contributed by atoms with Crippen molar-refractivity contribution in [2.24, 2.45) is 0 Å². The summed E-state index contributed by atoms with van der Waals surface area (Å²) in [6.07, 6.45) is 1.74. The maximum atomic E-state index is 12.6. The van der Waals surface area contributed by atoms with E-state index in [4.69, 9.17) is 14.2 Å². The monoisotopic (exact) mass is 386 g/mol. The third-order valence-corrected chi connectivity index (χ3v) is 4.66. The minimum absolute atomic E-state index is 0.126. The largest absolute Gasteiger partial charge is 0.494 e. The molecule has 0 saturated heterocycles. The third kappa shape index (κ3) is 4.32. The number of rotatable bonds is 6. The van der Waals surface area contributed by atoms with Gasteiger partial charge in [-0.3, -0.25) is 4.79 Å². The number of allylic oxidation sites excluding steroid dienone is 1. The van der Waals surface area contributed by atoms with Crippen LogP contribution >= 0.6 is 0 Å². The molecule has 4 nitrogen and oxygen atoms in total. The summed E-state index contributed by atoms with van der Waals surface area (Å²) in [6.45, 7) is 5.07. The van der Waals surface area contributed by atoms with Gasteiger partial charge < -0.3 is 14.2 Å². The number of Topliss-reactive ketones (excluding diaryl/α,β-unsaturated/α-hetero) is 1. The summed E-state index contributed by atoms with van der Waals surface area (Å²) < 4.78 is 17.1. The minimum Gasteiger partial charge on any atom is -0.494 e. The molecule has 146 valence electrons. The lowest BCUT2D eigenvalue weighted by Crippen LogP contribution is -1.98. The molecule has 0 atom stereocenters. The van der Waals surface area contributed by atoms with E-state index in [1.54, 1.807) is 24.3 Å². The molecule has 0 spiro atoms. The lowest BCUT2D eigenvalue weighted by atomic mass is 10.1. The van der Waals surface area contributed by atoms with E-state index in [1.807, 2.05) is 43.3 Å². The Morgan fingerprint density at radius 3 is 2.34 bits per heavy atom. The fraction of sp³-hybridized carbons (Fsp3) is 0.160. The number of hydrogen-bond donors (Lipinski definition) is 0. The SMILES string of the molecule is CCOc1ccc(/C=C2\Oc3cc(OCc4ccc(C)cc4)ccc3C2=O)cc1. The van der Waals surface area contributed by atoms with Crippen LogP contribution < -0.4 is 14.2 Å². The number of benzene rings is 3. The molecule has 0 aromatic heterocycles. The standard InChI is InChI=1S/C25H22O4/c1-3-27-20-10-8-18(9-11-20)14-24-25(26)22-13-12-21(15-23(22)29-24)28-16-19-6-4-17(2)5-7-19/h4-15H,3,16H2,1-2H3/b24-14-. The van der Waals surface area contributed by atoms with Gasteiger partial charge in [-0.1, -0.05) is 42.0 Å². The Balaban J connectivity index is 1.47. The highest BCUT2D eigenvalue weighted by Gasteiger charge is 2.27. The molecule has 0 radical (unpaired) electrons. The second-order valence-electron chi connectivity index (χ2n) is 6.87. The number of hydrogen-bond acceptors (Lipinski definition) is 4. The highest BCUT2D eigenvalue weighted by atomic mass is 16.5. The number of ether oxygens (including phenoxy) is 3. The van der Waals surface area contributed by atoms with E-state index in [9.17, 15) is 4.79 Å². The molecule has 4 heteroatoms. The lowest BCUT2D eigenvalue weighted by Gasteiger charge is -2.07. The van der Waals surface area contributed by atoms with Gasteiger partial charge in [0.25, 0.3) is 0 Å². The zero-order chi connectivity index (χ0) is 20.2. The summed E-state index contributed by atoms with van der Waals surface area (Å²) in [7, 11) is 0. The fourth-order valence-corrected chi connectivity index (χ4v) is 3.09. The molecule has 0 amide bonds. The number of carbonyl (C=O) groups excluding carboxylic acids is 1. The maximum absolute atomic E-state index is 12.6. The molecule has 0 bridgehead atoms. The van der Waals surface area contributed by atoms with E-state index in [1.165, 1.54) is 5.56 Å². The van der Waals surface area contributed by atoms with E-state index < -0.39 is 0 Å². The molecule has 3 aromatic rings. The van der Waals surface area contributed by atoms with Gasteiger partial charge in [-0.05, 0) is 55.3 Å². The molecule has 1 aliphatic heterocycles. The van der Waals surface area contributed by atoms with E-state index >= 15 is 0 Å². The molecule has 0 N–H and O–H groups in total. The van der Waals surface area contributed by atoms with Crippen LogP contribution in [-0.4, -0.2) is 12.4 Å². The van der Waals surface area contributed by atoms with Crippen LogP contribution in [0.25, 0.3) is 6.08 Å². The van der Waals surface area contributed by atoms with Crippen molar-refractivity contribution in [1.82, 2.24) is 0 Å². The van der Waals surface area contributed by atoms with E-state index in [-0.39, 0.29) is 5.78 Å². The second kappa shape index (κ2) is 8.23. The average Bonchev–Trinajstić information content (AvgIpc) is 3.04. The Bertz CT molecular complexity index is 1050. The summed E-state index contributed by atoms with van der Waals surface area (Å²) in [5.41, 5.74) is 3.72.